The van der Waals surface area contributed by atoms with Crippen molar-refractivity contribution >= 4 is 23.5 Å². The number of carbonyl (C=O) groups is 3. The van der Waals surface area contributed by atoms with Gasteiger partial charge in [0.25, 0.3) is 5.91 Å². The van der Waals surface area contributed by atoms with E-state index in [1.165, 1.54) is 54.4 Å². The van der Waals surface area contributed by atoms with E-state index in [9.17, 15) is 14.4 Å². The Morgan fingerprint density at radius 2 is 1.80 bits per heavy atom. The Bertz CT molecular complexity index is 1820. The largest absolute Gasteiger partial charge is 0.491 e. The Labute approximate surface area is 263 Å². The smallest absolute Gasteiger partial charge is 0.323 e. The maximum atomic E-state index is 16.2. The zero-order valence-electron chi connectivity index (χ0n) is 25.5. The monoisotopic (exact) mass is 630 g/mol. The summed E-state index contributed by atoms with van der Waals surface area (Å²) in [6.07, 6.45) is 2.74. The number of aromatic nitrogens is 1. The van der Waals surface area contributed by atoms with Gasteiger partial charge in [-0.05, 0) is 18.6 Å². The molecular formula is C33H32F2N6O5. The van der Waals surface area contributed by atoms with E-state index < -0.39 is 17.5 Å². The standard InChI is InChI=1S/C33H32F2N6O5/c1-39-13-18(14-40(2)32(39)44)30(43)36-22-9-5-7-20(29(22)35)19-6-4-8-21(28(19)34)23-12-25-27(31(37-23)45-3)24(15-46-25)41-16-33(17-41)11-10-26(42)38-33/h4-9,12-13,24H,10-11,14-17H2,1-3H3,(H,36,43)(H,38,42). The van der Waals surface area contributed by atoms with Crippen LogP contribution in [0.4, 0.5) is 19.3 Å². The summed E-state index contributed by atoms with van der Waals surface area (Å²) in [6.45, 7) is 1.83. The van der Waals surface area contributed by atoms with Gasteiger partial charge in [-0.15, -0.1) is 0 Å². The Kier molecular flexibility index (Phi) is 7.15. The van der Waals surface area contributed by atoms with Crippen molar-refractivity contribution in [1.82, 2.24) is 25.0 Å². The van der Waals surface area contributed by atoms with Gasteiger partial charge in [0.1, 0.15) is 18.2 Å². The first kappa shape index (κ1) is 29.7. The summed E-state index contributed by atoms with van der Waals surface area (Å²) >= 11 is 0. The summed E-state index contributed by atoms with van der Waals surface area (Å²) in [6, 6.07) is 10.2. The van der Waals surface area contributed by atoms with Crippen molar-refractivity contribution in [2.75, 3.05) is 52.8 Å². The molecule has 3 aromatic rings. The van der Waals surface area contributed by atoms with Crippen LogP contribution in [-0.4, -0.2) is 90.5 Å². The first-order chi connectivity index (χ1) is 22.1. The van der Waals surface area contributed by atoms with E-state index in [1.54, 1.807) is 25.2 Å². The third kappa shape index (κ3) is 4.91. The molecule has 2 fully saturated rings. The number of halogens is 2. The van der Waals surface area contributed by atoms with E-state index in [0.717, 1.165) is 12.0 Å². The highest BCUT2D eigenvalue weighted by Gasteiger charge is 2.51. The third-order valence-corrected chi connectivity index (χ3v) is 9.09. The number of carbonyl (C=O) groups excluding carboxylic acids is 3. The maximum absolute atomic E-state index is 16.2. The van der Waals surface area contributed by atoms with Gasteiger partial charge in [-0.2, -0.15) is 0 Å². The van der Waals surface area contributed by atoms with Crippen LogP contribution in [0.15, 0.2) is 54.2 Å². The van der Waals surface area contributed by atoms with E-state index in [4.69, 9.17) is 9.47 Å². The minimum atomic E-state index is -0.808. The summed E-state index contributed by atoms with van der Waals surface area (Å²) in [4.78, 5) is 46.3. The number of benzene rings is 2. The molecule has 1 aromatic heterocycles. The molecule has 0 saturated carbocycles. The molecule has 0 aliphatic carbocycles. The summed E-state index contributed by atoms with van der Waals surface area (Å²) in [5, 5.41) is 5.65. The number of urea groups is 1. The van der Waals surface area contributed by atoms with Crippen LogP contribution in [0, 0.1) is 11.6 Å². The minimum absolute atomic E-state index is 0.0161. The van der Waals surface area contributed by atoms with Crippen LogP contribution in [-0.2, 0) is 9.59 Å². The van der Waals surface area contributed by atoms with E-state index in [2.05, 4.69) is 20.5 Å². The lowest BCUT2D eigenvalue weighted by Gasteiger charge is -2.50. The molecule has 1 spiro atoms. The molecule has 11 nitrogen and oxygen atoms in total. The van der Waals surface area contributed by atoms with Crippen molar-refractivity contribution in [2.24, 2.45) is 0 Å². The third-order valence-electron chi connectivity index (χ3n) is 9.09. The summed E-state index contributed by atoms with van der Waals surface area (Å²) in [7, 11) is 4.58. The zero-order chi connectivity index (χ0) is 32.3. The number of nitrogens with zero attached hydrogens (tertiary/aromatic N) is 4. The van der Waals surface area contributed by atoms with Gasteiger partial charge in [-0.1, -0.05) is 24.3 Å². The van der Waals surface area contributed by atoms with Crippen LogP contribution >= 0.6 is 0 Å². The molecule has 46 heavy (non-hydrogen) atoms. The molecule has 2 saturated heterocycles. The van der Waals surface area contributed by atoms with Crippen LogP contribution in [0.5, 0.6) is 11.6 Å². The Hall–Kier alpha value is -5.04. The van der Waals surface area contributed by atoms with Crippen LogP contribution in [0.1, 0.15) is 24.4 Å². The number of hydrogen-bond acceptors (Lipinski definition) is 7. The quantitative estimate of drug-likeness (QED) is 0.424. The van der Waals surface area contributed by atoms with Crippen molar-refractivity contribution in [1.29, 1.82) is 0 Å². The minimum Gasteiger partial charge on any atom is -0.491 e. The van der Waals surface area contributed by atoms with Gasteiger partial charge in [-0.3, -0.25) is 14.5 Å². The molecule has 0 radical (unpaired) electrons. The van der Waals surface area contributed by atoms with Gasteiger partial charge >= 0.3 is 6.03 Å². The predicted molar refractivity (Wildman–Crippen MR) is 164 cm³/mol. The fourth-order valence-corrected chi connectivity index (χ4v) is 6.76. The second kappa shape index (κ2) is 11.1. The van der Waals surface area contributed by atoms with Crippen LogP contribution in [0.2, 0.25) is 0 Å². The highest BCUT2D eigenvalue weighted by atomic mass is 19.1. The number of rotatable bonds is 6. The second-order valence-electron chi connectivity index (χ2n) is 12.2. The number of pyridine rings is 1. The molecule has 238 valence electrons. The van der Waals surface area contributed by atoms with Crippen LogP contribution in [0.25, 0.3) is 22.4 Å². The van der Waals surface area contributed by atoms with Crippen molar-refractivity contribution in [3.63, 3.8) is 0 Å². The predicted octanol–water partition coefficient (Wildman–Crippen LogP) is 3.92. The average molecular weight is 631 g/mol. The van der Waals surface area contributed by atoms with E-state index >= 15 is 8.78 Å². The molecule has 4 amide bonds. The first-order valence-corrected chi connectivity index (χ1v) is 14.9. The number of anilines is 1. The number of likely N-dealkylation sites (tertiary alicyclic amines) is 1. The van der Waals surface area contributed by atoms with Crippen LogP contribution < -0.4 is 20.1 Å². The van der Waals surface area contributed by atoms with E-state index in [1.807, 2.05) is 0 Å². The van der Waals surface area contributed by atoms with Crippen LogP contribution in [0.3, 0.4) is 0 Å². The fraction of sp³-hybridized carbons (Fsp3) is 0.333. The number of nitrogens with one attached hydrogen (secondary N) is 2. The van der Waals surface area contributed by atoms with Gasteiger partial charge in [-0.25, -0.2) is 18.6 Å². The Morgan fingerprint density at radius 3 is 2.50 bits per heavy atom. The number of ether oxygens (including phenoxy) is 2. The molecule has 1 atom stereocenters. The molecule has 4 aliphatic rings. The first-order valence-electron chi connectivity index (χ1n) is 14.9. The van der Waals surface area contributed by atoms with Gasteiger partial charge in [0.2, 0.25) is 11.8 Å². The maximum Gasteiger partial charge on any atom is 0.323 e. The SMILES string of the molecule is COc1nc(-c2cccc(-c3cccc(NC(=O)C4=CN(C)C(=O)N(C)C4)c3F)c2F)cc2c1C(N1CC3(CCC(=O)N3)C1)CO2. The average Bonchev–Trinajstić information content (AvgIpc) is 3.63. The van der Waals surface area contributed by atoms with Crippen molar-refractivity contribution in [3.8, 4) is 34.0 Å². The lowest BCUT2D eigenvalue weighted by Crippen LogP contribution is -2.67. The fourth-order valence-electron chi connectivity index (χ4n) is 6.76. The Balaban J connectivity index is 1.16. The molecule has 1 unspecified atom stereocenters. The highest BCUT2D eigenvalue weighted by molar-refractivity contribution is 6.05. The number of amides is 4. The number of hydrogen-bond donors (Lipinski definition) is 2. The Morgan fingerprint density at radius 1 is 1.09 bits per heavy atom. The van der Waals surface area contributed by atoms with Crippen molar-refractivity contribution < 1.29 is 32.6 Å². The second-order valence-corrected chi connectivity index (χ2v) is 12.2. The van der Waals surface area contributed by atoms with E-state index in [0.29, 0.717) is 37.7 Å². The normalized spacial score (nSPS) is 20.2. The molecule has 2 N–H and O–H groups in total. The molecule has 5 heterocycles. The lowest BCUT2D eigenvalue weighted by atomic mass is 9.86. The molecule has 13 heteroatoms. The number of likely N-dealkylation sites (N-methyl/N-ethyl adjacent to an activating group) is 1. The topological polar surface area (TPSA) is 116 Å². The van der Waals surface area contributed by atoms with Gasteiger partial charge in [0.15, 0.2) is 5.82 Å². The zero-order valence-corrected chi connectivity index (χ0v) is 25.5. The summed E-state index contributed by atoms with van der Waals surface area (Å²) in [5.74, 6) is -1.18. The van der Waals surface area contributed by atoms with E-state index in [-0.39, 0.29) is 63.7 Å². The molecular weight excluding hydrogens is 598 g/mol. The molecule has 7 rings (SSSR count). The number of methoxy groups -OCH3 is 1. The molecule has 4 aliphatic heterocycles. The lowest BCUT2D eigenvalue weighted by molar-refractivity contribution is -0.121. The summed E-state index contributed by atoms with van der Waals surface area (Å²) in [5.41, 5.74) is 1.04. The van der Waals surface area contributed by atoms with Gasteiger partial charge in [0.05, 0.1) is 47.8 Å². The van der Waals surface area contributed by atoms with Gasteiger partial charge in [0, 0.05) is 62.6 Å². The van der Waals surface area contributed by atoms with Crippen molar-refractivity contribution in [2.45, 2.75) is 24.4 Å². The van der Waals surface area contributed by atoms with Gasteiger partial charge < -0.3 is 29.9 Å². The highest BCUT2D eigenvalue weighted by Crippen LogP contribution is 2.47. The van der Waals surface area contributed by atoms with Crippen molar-refractivity contribution in [3.05, 3.63) is 71.4 Å². The number of fused-ring (bicyclic) bond motifs is 1. The molecule has 2 aromatic carbocycles. The summed E-state index contributed by atoms with van der Waals surface area (Å²) < 4.78 is 43.8. The molecule has 0 bridgehead atoms.